The van der Waals surface area contributed by atoms with Crippen LogP contribution in [0.5, 0.6) is 0 Å². The predicted molar refractivity (Wildman–Crippen MR) is 60.4 cm³/mol. The lowest BCUT2D eigenvalue weighted by Crippen LogP contribution is -2.36. The molecule has 0 radical (unpaired) electrons. The maximum atomic E-state index is 11.5. The van der Waals surface area contributed by atoms with Crippen molar-refractivity contribution >= 4 is 27.7 Å². The van der Waals surface area contributed by atoms with Crippen LogP contribution >= 0.6 is 15.9 Å². The van der Waals surface area contributed by atoms with Crippen molar-refractivity contribution in [3.8, 4) is 0 Å². The SMILES string of the molecule is COC(CN)C(=O)Nc1ccc(Br)cn1. The maximum Gasteiger partial charge on any atom is 0.255 e. The molecular weight excluding hydrogens is 262 g/mol. The third kappa shape index (κ3) is 3.58. The van der Waals surface area contributed by atoms with Crippen LogP contribution in [0.2, 0.25) is 0 Å². The van der Waals surface area contributed by atoms with Crippen LogP contribution < -0.4 is 11.1 Å². The number of nitrogens with zero attached hydrogens (tertiary/aromatic N) is 1. The standard InChI is InChI=1S/C9H12BrN3O2/c1-15-7(4-11)9(14)13-8-3-2-6(10)5-12-8/h2-3,5,7H,4,11H2,1H3,(H,12,13,14). The Kier molecular flexibility index (Phi) is 4.67. The highest BCUT2D eigenvalue weighted by Gasteiger charge is 2.15. The summed E-state index contributed by atoms with van der Waals surface area (Å²) in [5.74, 6) is 0.175. The normalized spacial score (nSPS) is 12.2. The third-order valence-electron chi connectivity index (χ3n) is 1.77. The Hall–Kier alpha value is -0.980. The first-order valence-electron chi connectivity index (χ1n) is 4.32. The second-order valence-corrected chi connectivity index (χ2v) is 3.73. The van der Waals surface area contributed by atoms with Crippen LogP contribution in [0.3, 0.4) is 0 Å². The number of methoxy groups -OCH3 is 1. The second kappa shape index (κ2) is 5.79. The summed E-state index contributed by atoms with van der Waals surface area (Å²) in [5.41, 5.74) is 5.35. The maximum absolute atomic E-state index is 11.5. The summed E-state index contributed by atoms with van der Waals surface area (Å²) >= 11 is 3.25. The van der Waals surface area contributed by atoms with Gasteiger partial charge in [0.05, 0.1) is 0 Å². The molecule has 1 atom stereocenters. The van der Waals surface area contributed by atoms with Gasteiger partial charge in [0.2, 0.25) is 0 Å². The van der Waals surface area contributed by atoms with Gasteiger partial charge in [0.25, 0.3) is 5.91 Å². The molecule has 15 heavy (non-hydrogen) atoms. The first-order valence-corrected chi connectivity index (χ1v) is 5.12. The Labute approximate surface area is 96.1 Å². The van der Waals surface area contributed by atoms with Crippen molar-refractivity contribution in [3.63, 3.8) is 0 Å². The van der Waals surface area contributed by atoms with E-state index in [1.165, 1.54) is 7.11 Å². The monoisotopic (exact) mass is 273 g/mol. The van der Waals surface area contributed by atoms with Gasteiger partial charge in [0.1, 0.15) is 11.9 Å². The molecule has 0 aliphatic rings. The summed E-state index contributed by atoms with van der Waals surface area (Å²) in [6, 6.07) is 3.47. The number of carbonyl (C=O) groups is 1. The number of rotatable bonds is 4. The average molecular weight is 274 g/mol. The van der Waals surface area contributed by atoms with Crippen molar-refractivity contribution in [2.75, 3.05) is 19.0 Å². The van der Waals surface area contributed by atoms with Crippen LogP contribution in [0.15, 0.2) is 22.8 Å². The molecule has 1 aromatic heterocycles. The number of anilines is 1. The van der Waals surface area contributed by atoms with Crippen molar-refractivity contribution in [1.82, 2.24) is 4.98 Å². The van der Waals surface area contributed by atoms with Crippen LogP contribution in [0.1, 0.15) is 0 Å². The molecule has 1 unspecified atom stereocenters. The van der Waals surface area contributed by atoms with Gasteiger partial charge in [-0.2, -0.15) is 0 Å². The molecule has 6 heteroatoms. The molecule has 0 fully saturated rings. The summed E-state index contributed by atoms with van der Waals surface area (Å²) in [7, 11) is 1.44. The van der Waals surface area contributed by atoms with E-state index in [1.54, 1.807) is 18.3 Å². The number of nitrogens with two attached hydrogens (primary N) is 1. The minimum atomic E-state index is -0.643. The van der Waals surface area contributed by atoms with E-state index in [1.807, 2.05) is 0 Å². The van der Waals surface area contributed by atoms with Gasteiger partial charge in [0.15, 0.2) is 0 Å². The van der Waals surface area contributed by atoms with E-state index >= 15 is 0 Å². The van der Waals surface area contributed by atoms with Gasteiger partial charge >= 0.3 is 0 Å². The molecule has 0 saturated heterocycles. The van der Waals surface area contributed by atoms with Crippen LogP contribution in [-0.2, 0) is 9.53 Å². The predicted octanol–water partition coefficient (Wildman–Crippen LogP) is 0.756. The largest absolute Gasteiger partial charge is 0.370 e. The van der Waals surface area contributed by atoms with E-state index in [9.17, 15) is 4.79 Å². The number of ether oxygens (including phenoxy) is 1. The van der Waals surface area contributed by atoms with Crippen LogP contribution in [0.4, 0.5) is 5.82 Å². The minimum absolute atomic E-state index is 0.138. The molecule has 5 nitrogen and oxygen atoms in total. The number of carbonyl (C=O) groups excluding carboxylic acids is 1. The van der Waals surface area contributed by atoms with Crippen molar-refractivity contribution in [2.24, 2.45) is 5.73 Å². The molecule has 0 aliphatic carbocycles. The van der Waals surface area contributed by atoms with Gasteiger partial charge in [-0.05, 0) is 28.1 Å². The van der Waals surface area contributed by atoms with Crippen LogP contribution in [0.25, 0.3) is 0 Å². The summed E-state index contributed by atoms with van der Waals surface area (Å²) in [6.45, 7) is 0.138. The van der Waals surface area contributed by atoms with Gasteiger partial charge in [-0.15, -0.1) is 0 Å². The molecule has 0 bridgehead atoms. The van der Waals surface area contributed by atoms with Crippen molar-refractivity contribution in [3.05, 3.63) is 22.8 Å². The van der Waals surface area contributed by atoms with Gasteiger partial charge < -0.3 is 15.8 Å². The van der Waals surface area contributed by atoms with Crippen molar-refractivity contribution in [2.45, 2.75) is 6.10 Å². The zero-order valence-electron chi connectivity index (χ0n) is 8.24. The Morgan fingerprint density at radius 1 is 1.73 bits per heavy atom. The van der Waals surface area contributed by atoms with Crippen LogP contribution in [0, 0.1) is 0 Å². The topological polar surface area (TPSA) is 77.2 Å². The molecule has 1 rings (SSSR count). The summed E-state index contributed by atoms with van der Waals surface area (Å²) in [6.07, 6.45) is 0.954. The van der Waals surface area contributed by atoms with E-state index < -0.39 is 6.10 Å². The fraction of sp³-hybridized carbons (Fsp3) is 0.333. The molecule has 0 saturated carbocycles. The quantitative estimate of drug-likeness (QED) is 0.849. The minimum Gasteiger partial charge on any atom is -0.370 e. The first-order chi connectivity index (χ1) is 7.17. The molecule has 1 amide bonds. The third-order valence-corrected chi connectivity index (χ3v) is 2.24. The number of nitrogens with one attached hydrogen (secondary N) is 1. The Balaban J connectivity index is 2.61. The summed E-state index contributed by atoms with van der Waals surface area (Å²) in [5, 5.41) is 2.60. The van der Waals surface area contributed by atoms with Gasteiger partial charge in [-0.25, -0.2) is 4.98 Å². The number of amides is 1. The number of aromatic nitrogens is 1. The number of halogens is 1. The van der Waals surface area contributed by atoms with Crippen molar-refractivity contribution in [1.29, 1.82) is 0 Å². The lowest BCUT2D eigenvalue weighted by Gasteiger charge is -2.12. The van der Waals surface area contributed by atoms with Crippen molar-refractivity contribution < 1.29 is 9.53 Å². The molecule has 1 heterocycles. The second-order valence-electron chi connectivity index (χ2n) is 2.81. The van der Waals surface area contributed by atoms with E-state index in [2.05, 4.69) is 26.2 Å². The Morgan fingerprint density at radius 2 is 2.47 bits per heavy atom. The Morgan fingerprint density at radius 3 is 2.93 bits per heavy atom. The lowest BCUT2D eigenvalue weighted by atomic mass is 10.3. The zero-order valence-corrected chi connectivity index (χ0v) is 9.82. The highest BCUT2D eigenvalue weighted by Crippen LogP contribution is 2.10. The average Bonchev–Trinajstić information content (AvgIpc) is 2.23. The molecule has 82 valence electrons. The van der Waals surface area contributed by atoms with Crippen LogP contribution in [-0.4, -0.2) is 30.6 Å². The fourth-order valence-electron chi connectivity index (χ4n) is 0.967. The summed E-state index contributed by atoms with van der Waals surface area (Å²) in [4.78, 5) is 15.5. The highest BCUT2D eigenvalue weighted by molar-refractivity contribution is 9.10. The Bertz CT molecular complexity index is 325. The molecule has 1 aromatic rings. The number of hydrogen-bond acceptors (Lipinski definition) is 4. The van der Waals surface area contributed by atoms with E-state index in [0.717, 1.165) is 4.47 Å². The van der Waals surface area contributed by atoms with Gasteiger partial charge in [0, 0.05) is 24.3 Å². The van der Waals surface area contributed by atoms with E-state index in [0.29, 0.717) is 5.82 Å². The lowest BCUT2D eigenvalue weighted by molar-refractivity contribution is -0.125. The van der Waals surface area contributed by atoms with E-state index in [4.69, 9.17) is 10.5 Å². The number of hydrogen-bond donors (Lipinski definition) is 2. The first kappa shape index (κ1) is 12.1. The van der Waals surface area contributed by atoms with Gasteiger partial charge in [-0.3, -0.25) is 4.79 Å². The highest BCUT2D eigenvalue weighted by atomic mass is 79.9. The smallest absolute Gasteiger partial charge is 0.255 e. The van der Waals surface area contributed by atoms with E-state index in [-0.39, 0.29) is 12.5 Å². The molecule has 0 spiro atoms. The molecular formula is C9H12BrN3O2. The molecule has 3 N–H and O–H groups in total. The molecule has 0 aromatic carbocycles. The van der Waals surface area contributed by atoms with Gasteiger partial charge in [-0.1, -0.05) is 0 Å². The molecule has 0 aliphatic heterocycles. The fourth-order valence-corrected chi connectivity index (χ4v) is 1.20. The summed E-state index contributed by atoms with van der Waals surface area (Å²) < 4.78 is 5.73. The number of pyridine rings is 1. The zero-order chi connectivity index (χ0) is 11.3.